The lowest BCUT2D eigenvalue weighted by Gasteiger charge is -2.08. The number of anilines is 1. The molecular formula is C16H12N2O3. The first-order valence-corrected chi connectivity index (χ1v) is 6.38. The van der Waals surface area contributed by atoms with E-state index in [1.807, 2.05) is 6.07 Å². The van der Waals surface area contributed by atoms with Crippen molar-refractivity contribution in [1.29, 1.82) is 0 Å². The number of ether oxygens (including phenoxy) is 1. The van der Waals surface area contributed by atoms with E-state index in [4.69, 9.17) is 4.74 Å². The molecule has 0 atom stereocenters. The zero-order chi connectivity index (χ0) is 14.7. The van der Waals surface area contributed by atoms with Gasteiger partial charge in [-0.2, -0.15) is 0 Å². The van der Waals surface area contributed by atoms with Gasteiger partial charge in [-0.05, 0) is 30.3 Å². The predicted molar refractivity (Wildman–Crippen MR) is 80.7 cm³/mol. The highest BCUT2D eigenvalue weighted by Crippen LogP contribution is 2.20. The fourth-order valence-corrected chi connectivity index (χ4v) is 2.06. The summed E-state index contributed by atoms with van der Waals surface area (Å²) >= 11 is 0. The fraction of sp³-hybridized carbons (Fsp3) is 0. The molecule has 0 saturated carbocycles. The Kier molecular flexibility index (Phi) is 3.39. The highest BCUT2D eigenvalue weighted by atomic mass is 16.6. The average molecular weight is 280 g/mol. The molecule has 5 heteroatoms. The molecule has 0 saturated heterocycles. The number of amides is 1. The van der Waals surface area contributed by atoms with E-state index < -0.39 is 6.09 Å². The Morgan fingerprint density at radius 3 is 2.57 bits per heavy atom. The molecule has 3 rings (SSSR count). The van der Waals surface area contributed by atoms with Crippen LogP contribution in [0.2, 0.25) is 0 Å². The van der Waals surface area contributed by atoms with E-state index in [1.54, 1.807) is 54.7 Å². The number of pyridine rings is 1. The topological polar surface area (TPSA) is 71.2 Å². The quantitative estimate of drug-likeness (QED) is 0.757. The van der Waals surface area contributed by atoms with Gasteiger partial charge in [-0.3, -0.25) is 10.1 Å². The summed E-state index contributed by atoms with van der Waals surface area (Å²) in [5.41, 5.74) is 0.326. The lowest BCUT2D eigenvalue weighted by molar-refractivity contribution is 0.215. The van der Waals surface area contributed by atoms with Crippen LogP contribution < -0.4 is 15.6 Å². The Bertz CT molecular complexity index is 841. The molecule has 3 aromatic rings. The Balaban J connectivity index is 1.87. The summed E-state index contributed by atoms with van der Waals surface area (Å²) in [6.07, 6.45) is 0.937. The number of H-pyrrole nitrogens is 1. The third-order valence-electron chi connectivity index (χ3n) is 3.01. The van der Waals surface area contributed by atoms with Gasteiger partial charge in [-0.1, -0.05) is 24.3 Å². The maximum absolute atomic E-state index is 11.9. The van der Waals surface area contributed by atoms with Crippen molar-refractivity contribution in [2.75, 3.05) is 5.32 Å². The summed E-state index contributed by atoms with van der Waals surface area (Å²) in [6.45, 7) is 0. The number of fused-ring (bicyclic) bond motifs is 1. The number of rotatable bonds is 2. The number of para-hydroxylation sites is 1. The molecule has 2 aromatic carbocycles. The van der Waals surface area contributed by atoms with Crippen molar-refractivity contribution in [2.24, 2.45) is 0 Å². The van der Waals surface area contributed by atoms with Gasteiger partial charge in [-0.15, -0.1) is 0 Å². The monoisotopic (exact) mass is 280 g/mol. The van der Waals surface area contributed by atoms with E-state index >= 15 is 0 Å². The number of benzene rings is 2. The van der Waals surface area contributed by atoms with Crippen LogP contribution >= 0.6 is 0 Å². The van der Waals surface area contributed by atoms with Crippen LogP contribution in [-0.2, 0) is 0 Å². The highest BCUT2D eigenvalue weighted by Gasteiger charge is 2.08. The molecule has 0 fully saturated rings. The number of carbonyl (C=O) groups is 1. The lowest BCUT2D eigenvalue weighted by atomic mass is 10.1. The number of aromatic nitrogens is 1. The summed E-state index contributed by atoms with van der Waals surface area (Å²) in [5.74, 6) is 0.452. The molecule has 0 unspecified atom stereocenters. The van der Waals surface area contributed by atoms with Crippen LogP contribution in [0.25, 0.3) is 10.8 Å². The molecule has 1 amide bonds. The van der Waals surface area contributed by atoms with Gasteiger partial charge in [0.25, 0.3) is 5.56 Å². The van der Waals surface area contributed by atoms with Gasteiger partial charge in [0.05, 0.1) is 5.69 Å². The highest BCUT2D eigenvalue weighted by molar-refractivity contribution is 6.00. The lowest BCUT2D eigenvalue weighted by Crippen LogP contribution is -2.17. The first-order chi connectivity index (χ1) is 10.2. The van der Waals surface area contributed by atoms with Crippen LogP contribution in [0.1, 0.15) is 0 Å². The van der Waals surface area contributed by atoms with Gasteiger partial charge < -0.3 is 9.72 Å². The van der Waals surface area contributed by atoms with E-state index in [1.165, 1.54) is 0 Å². The summed E-state index contributed by atoms with van der Waals surface area (Å²) in [6, 6.07) is 15.6. The Labute approximate surface area is 120 Å². The van der Waals surface area contributed by atoms with Gasteiger partial charge >= 0.3 is 6.09 Å². The number of hydrogen-bond acceptors (Lipinski definition) is 3. The summed E-state index contributed by atoms with van der Waals surface area (Å²) in [5, 5.41) is 3.81. The summed E-state index contributed by atoms with van der Waals surface area (Å²) in [4.78, 5) is 26.2. The van der Waals surface area contributed by atoms with Crippen molar-refractivity contribution in [2.45, 2.75) is 0 Å². The molecule has 0 radical (unpaired) electrons. The van der Waals surface area contributed by atoms with Crippen molar-refractivity contribution < 1.29 is 9.53 Å². The van der Waals surface area contributed by atoms with Gasteiger partial charge in [0.15, 0.2) is 0 Å². The van der Waals surface area contributed by atoms with Crippen LogP contribution in [0.3, 0.4) is 0 Å². The smallest absolute Gasteiger partial charge is 0.410 e. The molecule has 0 aliphatic carbocycles. The molecule has 5 nitrogen and oxygen atoms in total. The zero-order valence-electron chi connectivity index (χ0n) is 11.0. The third-order valence-corrected chi connectivity index (χ3v) is 3.01. The largest absolute Gasteiger partial charge is 0.417 e. The second-order valence-electron chi connectivity index (χ2n) is 4.40. The van der Waals surface area contributed by atoms with E-state index in [0.717, 1.165) is 0 Å². The second-order valence-corrected chi connectivity index (χ2v) is 4.40. The Morgan fingerprint density at radius 2 is 1.76 bits per heavy atom. The van der Waals surface area contributed by atoms with E-state index in [9.17, 15) is 9.59 Å². The molecule has 21 heavy (non-hydrogen) atoms. The van der Waals surface area contributed by atoms with E-state index in [-0.39, 0.29) is 5.56 Å². The van der Waals surface area contributed by atoms with Gasteiger partial charge in [0, 0.05) is 17.0 Å². The average Bonchev–Trinajstić information content (AvgIpc) is 2.49. The molecule has 2 N–H and O–H groups in total. The molecule has 0 spiro atoms. The maximum Gasteiger partial charge on any atom is 0.417 e. The standard InChI is InChI=1S/C16H12N2O3/c19-15-13-7-4-8-14(12(13)9-10-17-15)18-16(20)21-11-5-2-1-3-6-11/h1-10H,(H,17,19)(H,18,20). The number of hydrogen-bond donors (Lipinski definition) is 2. The second kappa shape index (κ2) is 5.50. The summed E-state index contributed by atoms with van der Waals surface area (Å²) < 4.78 is 5.16. The van der Waals surface area contributed by atoms with Crippen LogP contribution in [-0.4, -0.2) is 11.1 Å². The molecule has 0 bridgehead atoms. The molecule has 1 aromatic heterocycles. The van der Waals surface area contributed by atoms with Crippen molar-refractivity contribution in [3.63, 3.8) is 0 Å². The van der Waals surface area contributed by atoms with Gasteiger partial charge in [-0.25, -0.2) is 4.79 Å². The van der Waals surface area contributed by atoms with Crippen LogP contribution in [0.5, 0.6) is 5.75 Å². The SMILES string of the molecule is O=C(Nc1cccc2c(=O)[nH]ccc12)Oc1ccccc1. The Hall–Kier alpha value is -3.08. The fourth-order valence-electron chi connectivity index (χ4n) is 2.06. The Morgan fingerprint density at radius 1 is 0.952 bits per heavy atom. The minimum absolute atomic E-state index is 0.201. The van der Waals surface area contributed by atoms with E-state index in [2.05, 4.69) is 10.3 Å². The number of aromatic amines is 1. The minimum Gasteiger partial charge on any atom is -0.410 e. The number of nitrogens with one attached hydrogen (secondary N) is 2. The number of carbonyl (C=O) groups excluding carboxylic acids is 1. The van der Waals surface area contributed by atoms with Crippen molar-refractivity contribution in [3.05, 3.63) is 71.1 Å². The molecule has 0 aliphatic heterocycles. The molecule has 104 valence electrons. The van der Waals surface area contributed by atoms with Gasteiger partial charge in [0.1, 0.15) is 5.75 Å². The van der Waals surface area contributed by atoms with Crippen molar-refractivity contribution in [1.82, 2.24) is 4.98 Å². The van der Waals surface area contributed by atoms with E-state index in [0.29, 0.717) is 22.2 Å². The normalized spacial score (nSPS) is 10.3. The molecule has 1 heterocycles. The van der Waals surface area contributed by atoms with Crippen molar-refractivity contribution >= 4 is 22.6 Å². The first kappa shape index (κ1) is 12.9. The summed E-state index contributed by atoms with van der Waals surface area (Å²) in [7, 11) is 0. The van der Waals surface area contributed by atoms with Crippen LogP contribution in [0.15, 0.2) is 65.6 Å². The van der Waals surface area contributed by atoms with Crippen LogP contribution in [0.4, 0.5) is 10.5 Å². The molecular weight excluding hydrogens is 268 g/mol. The third kappa shape index (κ3) is 2.76. The first-order valence-electron chi connectivity index (χ1n) is 6.38. The van der Waals surface area contributed by atoms with Crippen LogP contribution in [0, 0.1) is 0 Å². The van der Waals surface area contributed by atoms with Gasteiger partial charge in [0.2, 0.25) is 0 Å². The zero-order valence-corrected chi connectivity index (χ0v) is 11.0. The maximum atomic E-state index is 11.9. The predicted octanol–water partition coefficient (Wildman–Crippen LogP) is 3.14. The minimum atomic E-state index is -0.603. The molecule has 0 aliphatic rings. The van der Waals surface area contributed by atoms with Crippen molar-refractivity contribution in [3.8, 4) is 5.75 Å².